The lowest BCUT2D eigenvalue weighted by Crippen LogP contribution is -2.12. The first kappa shape index (κ1) is 16.2. The SMILES string of the molecule is CC(=COCCc1cccc(C(=O)O)c1C(=O)O)C(=O)O. The molecule has 0 atom stereocenters. The van der Waals surface area contributed by atoms with Crippen LogP contribution in [-0.2, 0) is 16.0 Å². The van der Waals surface area contributed by atoms with E-state index in [0.717, 1.165) is 6.26 Å². The summed E-state index contributed by atoms with van der Waals surface area (Å²) in [4.78, 5) is 32.7. The average Bonchev–Trinajstić information content (AvgIpc) is 2.42. The molecule has 0 aliphatic heterocycles. The largest absolute Gasteiger partial charge is 0.500 e. The third kappa shape index (κ3) is 4.34. The minimum atomic E-state index is -1.33. The van der Waals surface area contributed by atoms with Gasteiger partial charge in [0.1, 0.15) is 0 Å². The van der Waals surface area contributed by atoms with E-state index in [1.807, 2.05) is 0 Å². The lowest BCUT2D eigenvalue weighted by atomic mass is 9.99. The summed E-state index contributed by atoms with van der Waals surface area (Å²) in [6, 6.07) is 4.15. The Hall–Kier alpha value is -2.83. The van der Waals surface area contributed by atoms with Gasteiger partial charge in [0.15, 0.2) is 0 Å². The molecule has 0 unspecified atom stereocenters. The summed E-state index contributed by atoms with van der Waals surface area (Å²) in [6.07, 6.45) is 1.20. The average molecular weight is 294 g/mol. The van der Waals surface area contributed by atoms with Crippen molar-refractivity contribution in [2.45, 2.75) is 13.3 Å². The van der Waals surface area contributed by atoms with E-state index in [4.69, 9.17) is 20.1 Å². The fourth-order valence-corrected chi connectivity index (χ4v) is 1.64. The Morgan fingerprint density at radius 2 is 1.81 bits per heavy atom. The van der Waals surface area contributed by atoms with E-state index in [1.165, 1.54) is 25.1 Å². The van der Waals surface area contributed by atoms with Gasteiger partial charge in [-0.1, -0.05) is 12.1 Å². The van der Waals surface area contributed by atoms with Crippen molar-refractivity contribution in [3.8, 4) is 0 Å². The highest BCUT2D eigenvalue weighted by Crippen LogP contribution is 2.16. The van der Waals surface area contributed by atoms with E-state index < -0.39 is 17.9 Å². The number of benzene rings is 1. The third-order valence-electron chi connectivity index (χ3n) is 2.68. The smallest absolute Gasteiger partial charge is 0.336 e. The molecule has 0 aliphatic rings. The van der Waals surface area contributed by atoms with Gasteiger partial charge in [0.2, 0.25) is 0 Å². The molecule has 0 radical (unpaired) electrons. The van der Waals surface area contributed by atoms with Crippen LogP contribution in [0.3, 0.4) is 0 Å². The predicted octanol–water partition coefficient (Wildman–Crippen LogP) is 1.63. The van der Waals surface area contributed by atoms with Crippen molar-refractivity contribution in [1.29, 1.82) is 0 Å². The topological polar surface area (TPSA) is 121 Å². The number of carbonyl (C=O) groups is 3. The molecule has 0 aromatic heterocycles. The van der Waals surface area contributed by atoms with E-state index in [2.05, 4.69) is 0 Å². The number of hydrogen-bond donors (Lipinski definition) is 3. The Morgan fingerprint density at radius 3 is 2.33 bits per heavy atom. The molecule has 3 N–H and O–H groups in total. The van der Waals surface area contributed by atoms with Crippen LogP contribution in [0, 0.1) is 0 Å². The van der Waals surface area contributed by atoms with Crippen LogP contribution in [-0.4, -0.2) is 39.8 Å². The van der Waals surface area contributed by atoms with Gasteiger partial charge in [-0.05, 0) is 18.6 Å². The van der Waals surface area contributed by atoms with Gasteiger partial charge in [-0.15, -0.1) is 0 Å². The first-order valence-electron chi connectivity index (χ1n) is 5.94. The predicted molar refractivity (Wildman–Crippen MR) is 71.4 cm³/mol. The lowest BCUT2D eigenvalue weighted by Gasteiger charge is -2.09. The molecule has 1 rings (SSSR count). The van der Waals surface area contributed by atoms with Crippen molar-refractivity contribution >= 4 is 17.9 Å². The summed E-state index contributed by atoms with van der Waals surface area (Å²) in [5.74, 6) is -3.77. The van der Waals surface area contributed by atoms with Crippen LogP contribution >= 0.6 is 0 Å². The minimum absolute atomic E-state index is 0.00717. The van der Waals surface area contributed by atoms with Crippen LogP contribution in [0.15, 0.2) is 30.0 Å². The third-order valence-corrected chi connectivity index (χ3v) is 2.68. The van der Waals surface area contributed by atoms with E-state index in [9.17, 15) is 14.4 Å². The van der Waals surface area contributed by atoms with Crippen LogP contribution in [0.5, 0.6) is 0 Å². The number of hydrogen-bond acceptors (Lipinski definition) is 4. The van der Waals surface area contributed by atoms with Gasteiger partial charge in [0.05, 0.1) is 29.6 Å². The van der Waals surface area contributed by atoms with E-state index in [1.54, 1.807) is 0 Å². The maximum absolute atomic E-state index is 11.2. The highest BCUT2D eigenvalue weighted by molar-refractivity contribution is 6.02. The molecule has 1 aromatic rings. The molecule has 7 heteroatoms. The molecule has 0 amide bonds. The van der Waals surface area contributed by atoms with E-state index in [-0.39, 0.29) is 29.7 Å². The van der Waals surface area contributed by atoms with Crippen LogP contribution < -0.4 is 0 Å². The Morgan fingerprint density at radius 1 is 1.14 bits per heavy atom. The molecule has 21 heavy (non-hydrogen) atoms. The van der Waals surface area contributed by atoms with Crippen LogP contribution in [0.1, 0.15) is 33.2 Å². The zero-order chi connectivity index (χ0) is 16.0. The summed E-state index contributed by atoms with van der Waals surface area (Å²) < 4.78 is 5.01. The Bertz CT molecular complexity index is 601. The maximum Gasteiger partial charge on any atom is 0.336 e. The molecule has 0 fully saturated rings. The van der Waals surface area contributed by atoms with Gasteiger partial charge in [-0.3, -0.25) is 0 Å². The zero-order valence-electron chi connectivity index (χ0n) is 11.2. The molecule has 0 spiro atoms. The Kier molecular flexibility index (Phi) is 5.48. The van der Waals surface area contributed by atoms with Crippen molar-refractivity contribution in [3.05, 3.63) is 46.7 Å². The van der Waals surface area contributed by atoms with Crippen molar-refractivity contribution in [2.75, 3.05) is 6.61 Å². The van der Waals surface area contributed by atoms with Gasteiger partial charge < -0.3 is 20.1 Å². The van der Waals surface area contributed by atoms with Crippen LogP contribution in [0.2, 0.25) is 0 Å². The van der Waals surface area contributed by atoms with Crippen molar-refractivity contribution in [1.82, 2.24) is 0 Å². The molecule has 0 aliphatic carbocycles. The molecule has 0 saturated carbocycles. The molecule has 1 aromatic carbocycles. The second-order valence-corrected chi connectivity index (χ2v) is 4.18. The second kappa shape index (κ2) is 7.09. The molecule has 0 heterocycles. The number of aliphatic carboxylic acids is 1. The Labute approximate surface area is 120 Å². The standard InChI is InChI=1S/C14H14O7/c1-8(12(15)16)7-21-6-5-9-3-2-4-10(13(17)18)11(9)14(19)20/h2-4,7H,5-6H2,1H3,(H,15,16)(H,17,18)(H,19,20). The number of aromatic carboxylic acids is 2. The van der Waals surface area contributed by atoms with Crippen molar-refractivity contribution in [2.24, 2.45) is 0 Å². The van der Waals surface area contributed by atoms with Gasteiger partial charge >= 0.3 is 17.9 Å². The second-order valence-electron chi connectivity index (χ2n) is 4.18. The minimum Gasteiger partial charge on any atom is -0.500 e. The molecule has 112 valence electrons. The van der Waals surface area contributed by atoms with E-state index in [0.29, 0.717) is 5.56 Å². The first-order valence-corrected chi connectivity index (χ1v) is 5.94. The normalized spacial score (nSPS) is 11.0. The number of carboxylic acid groups (broad SMARTS) is 3. The summed E-state index contributed by atoms with van der Waals surface area (Å²) >= 11 is 0. The molecular formula is C14H14O7. The molecule has 0 saturated heterocycles. The molecular weight excluding hydrogens is 280 g/mol. The summed E-state index contributed by atoms with van der Waals surface area (Å²) in [7, 11) is 0. The summed E-state index contributed by atoms with van der Waals surface area (Å²) in [5.41, 5.74) is -0.263. The monoisotopic (exact) mass is 294 g/mol. The number of carboxylic acids is 3. The summed E-state index contributed by atoms with van der Waals surface area (Å²) in [5, 5.41) is 26.7. The van der Waals surface area contributed by atoms with E-state index >= 15 is 0 Å². The van der Waals surface area contributed by atoms with Gasteiger partial charge in [-0.25, -0.2) is 14.4 Å². The van der Waals surface area contributed by atoms with Gasteiger partial charge in [0, 0.05) is 6.42 Å². The lowest BCUT2D eigenvalue weighted by molar-refractivity contribution is -0.132. The quantitative estimate of drug-likeness (QED) is 0.397. The van der Waals surface area contributed by atoms with Crippen LogP contribution in [0.4, 0.5) is 0 Å². The van der Waals surface area contributed by atoms with Gasteiger partial charge in [-0.2, -0.15) is 0 Å². The highest BCUT2D eigenvalue weighted by atomic mass is 16.5. The maximum atomic E-state index is 11.2. The van der Waals surface area contributed by atoms with Crippen molar-refractivity contribution < 1.29 is 34.4 Å². The fraction of sp³-hybridized carbons (Fsp3) is 0.214. The first-order chi connectivity index (χ1) is 9.84. The van der Waals surface area contributed by atoms with Gasteiger partial charge in [0.25, 0.3) is 0 Å². The highest BCUT2D eigenvalue weighted by Gasteiger charge is 2.19. The number of ether oxygens (including phenoxy) is 1. The molecule has 7 nitrogen and oxygen atoms in total. The number of rotatable bonds is 7. The summed E-state index contributed by atoms with van der Waals surface area (Å²) in [6.45, 7) is 1.39. The van der Waals surface area contributed by atoms with Crippen molar-refractivity contribution in [3.63, 3.8) is 0 Å². The van der Waals surface area contributed by atoms with Crippen LogP contribution in [0.25, 0.3) is 0 Å². The fourth-order valence-electron chi connectivity index (χ4n) is 1.64. The molecule has 0 bridgehead atoms. The zero-order valence-corrected chi connectivity index (χ0v) is 11.2. The Balaban J connectivity index is 2.87.